The van der Waals surface area contributed by atoms with Crippen molar-refractivity contribution in [2.24, 2.45) is 5.41 Å². The van der Waals surface area contributed by atoms with Crippen LogP contribution in [-0.2, 0) is 22.4 Å². The molecule has 1 N–H and O–H groups in total. The summed E-state index contributed by atoms with van der Waals surface area (Å²) < 4.78 is 10.9. The Labute approximate surface area is 123 Å². The highest BCUT2D eigenvalue weighted by atomic mass is 16.5. The summed E-state index contributed by atoms with van der Waals surface area (Å²) >= 11 is 0. The molecule has 0 spiro atoms. The molecule has 1 atom stereocenters. The summed E-state index contributed by atoms with van der Waals surface area (Å²) in [6.07, 6.45) is 7.85. The van der Waals surface area contributed by atoms with Crippen LogP contribution in [0.25, 0.3) is 0 Å². The van der Waals surface area contributed by atoms with Crippen LogP contribution >= 0.6 is 0 Å². The minimum atomic E-state index is -0.740. The fraction of sp³-hybridized carbons (Fsp3) is 0.800. The van der Waals surface area contributed by atoms with E-state index < -0.39 is 5.97 Å². The first-order valence-corrected chi connectivity index (χ1v) is 7.80. The normalized spacial score (nSPS) is 24.5. The number of rotatable bonds is 6. The van der Waals surface area contributed by atoms with E-state index in [4.69, 9.17) is 14.4 Å². The lowest BCUT2D eigenvalue weighted by Crippen LogP contribution is -2.24. The zero-order valence-electron chi connectivity index (χ0n) is 12.2. The van der Waals surface area contributed by atoms with Gasteiger partial charge in [-0.3, -0.25) is 4.79 Å². The molecule has 2 aliphatic rings. The van der Waals surface area contributed by atoms with Gasteiger partial charge < -0.3 is 14.4 Å². The summed E-state index contributed by atoms with van der Waals surface area (Å²) in [5.74, 6) is 0.516. The Kier molecular flexibility index (Phi) is 4.24. The summed E-state index contributed by atoms with van der Waals surface area (Å²) in [6.45, 7) is 0.817. The van der Waals surface area contributed by atoms with Gasteiger partial charge in [-0.15, -0.1) is 0 Å². The Morgan fingerprint density at radius 1 is 1.33 bits per heavy atom. The van der Waals surface area contributed by atoms with Crippen molar-refractivity contribution in [1.29, 1.82) is 0 Å². The van der Waals surface area contributed by atoms with Crippen LogP contribution < -0.4 is 0 Å². The van der Waals surface area contributed by atoms with Crippen LogP contribution in [0.3, 0.4) is 0 Å². The summed E-state index contributed by atoms with van der Waals surface area (Å²) in [5, 5.41) is 13.1. The van der Waals surface area contributed by atoms with Crippen LogP contribution in [0.5, 0.6) is 0 Å². The van der Waals surface area contributed by atoms with Crippen molar-refractivity contribution >= 4 is 5.97 Å². The molecule has 116 valence electrons. The lowest BCUT2D eigenvalue weighted by atomic mass is 9.79. The maximum absolute atomic E-state index is 11.1. The molecular weight excluding hydrogens is 272 g/mol. The molecule has 1 unspecified atom stereocenters. The first-order valence-electron chi connectivity index (χ1n) is 7.80. The average Bonchev–Trinajstić information content (AvgIpc) is 3.13. The van der Waals surface area contributed by atoms with Crippen molar-refractivity contribution in [1.82, 2.24) is 10.1 Å². The third kappa shape index (κ3) is 3.61. The number of nitrogens with zero attached hydrogens (tertiary/aromatic N) is 2. The van der Waals surface area contributed by atoms with E-state index >= 15 is 0 Å². The molecule has 3 rings (SSSR count). The second-order valence-corrected chi connectivity index (χ2v) is 6.40. The number of ether oxygens (including phenoxy) is 1. The van der Waals surface area contributed by atoms with Gasteiger partial charge in [-0.05, 0) is 31.1 Å². The summed E-state index contributed by atoms with van der Waals surface area (Å²) in [5.41, 5.74) is -0.195. The third-order valence-corrected chi connectivity index (χ3v) is 4.66. The molecule has 2 heterocycles. The molecular formula is C15H22N2O4. The number of carboxylic acid groups (broad SMARTS) is 1. The molecule has 6 nitrogen and oxygen atoms in total. The predicted octanol–water partition coefficient (Wildman–Crippen LogP) is 2.37. The van der Waals surface area contributed by atoms with Gasteiger partial charge >= 0.3 is 5.97 Å². The van der Waals surface area contributed by atoms with E-state index in [1.165, 1.54) is 0 Å². The quantitative estimate of drug-likeness (QED) is 0.867. The van der Waals surface area contributed by atoms with Crippen LogP contribution in [0.4, 0.5) is 0 Å². The molecule has 1 saturated carbocycles. The van der Waals surface area contributed by atoms with E-state index in [0.717, 1.165) is 45.1 Å². The molecule has 1 aromatic heterocycles. The van der Waals surface area contributed by atoms with Crippen LogP contribution in [0.15, 0.2) is 4.52 Å². The van der Waals surface area contributed by atoms with Gasteiger partial charge in [0.2, 0.25) is 5.89 Å². The Bertz CT molecular complexity index is 488. The van der Waals surface area contributed by atoms with Gasteiger partial charge in [-0.2, -0.15) is 4.98 Å². The lowest BCUT2D eigenvalue weighted by molar-refractivity contribution is -0.139. The first-order chi connectivity index (χ1) is 10.2. The number of hydrogen-bond donors (Lipinski definition) is 1. The number of aliphatic carboxylic acids is 1. The summed E-state index contributed by atoms with van der Waals surface area (Å²) in [7, 11) is 0. The fourth-order valence-corrected chi connectivity index (χ4v) is 3.64. The molecule has 21 heavy (non-hydrogen) atoms. The number of hydrogen-bond acceptors (Lipinski definition) is 5. The van der Waals surface area contributed by atoms with Gasteiger partial charge in [-0.1, -0.05) is 18.0 Å². The Balaban J connectivity index is 1.63. The van der Waals surface area contributed by atoms with Crippen molar-refractivity contribution in [3.8, 4) is 0 Å². The van der Waals surface area contributed by atoms with E-state index in [0.29, 0.717) is 24.6 Å². The summed E-state index contributed by atoms with van der Waals surface area (Å²) in [4.78, 5) is 15.5. The monoisotopic (exact) mass is 294 g/mol. The molecule has 0 radical (unpaired) electrons. The topological polar surface area (TPSA) is 85.5 Å². The van der Waals surface area contributed by atoms with Gasteiger partial charge in [0, 0.05) is 19.4 Å². The number of carbonyl (C=O) groups is 1. The third-order valence-electron chi connectivity index (χ3n) is 4.66. The van der Waals surface area contributed by atoms with E-state index in [1.54, 1.807) is 0 Å². The maximum Gasteiger partial charge on any atom is 0.303 e. The van der Waals surface area contributed by atoms with Gasteiger partial charge in [-0.25, -0.2) is 0 Å². The minimum absolute atomic E-state index is 0.191. The van der Waals surface area contributed by atoms with Crippen LogP contribution in [-0.4, -0.2) is 33.9 Å². The van der Waals surface area contributed by atoms with Crippen molar-refractivity contribution in [2.75, 3.05) is 6.61 Å². The molecule has 0 aromatic carbocycles. The predicted molar refractivity (Wildman–Crippen MR) is 73.8 cm³/mol. The fourth-order valence-electron chi connectivity index (χ4n) is 3.64. The van der Waals surface area contributed by atoms with Crippen LogP contribution in [0.1, 0.15) is 56.7 Å². The lowest BCUT2D eigenvalue weighted by Gasteiger charge is -2.24. The molecule has 1 aromatic rings. The second kappa shape index (κ2) is 6.13. The number of aromatic nitrogens is 2. The van der Waals surface area contributed by atoms with E-state index in [-0.39, 0.29) is 17.9 Å². The van der Waals surface area contributed by atoms with E-state index in [2.05, 4.69) is 10.1 Å². The SMILES string of the molecule is O=C(O)CC1(Cc2nc(CC3CCCO3)no2)CCCC1. The zero-order valence-corrected chi connectivity index (χ0v) is 12.2. The highest BCUT2D eigenvalue weighted by Crippen LogP contribution is 2.43. The molecule has 6 heteroatoms. The molecule has 1 aliphatic heterocycles. The molecule has 1 aliphatic carbocycles. The largest absolute Gasteiger partial charge is 0.481 e. The summed E-state index contributed by atoms with van der Waals surface area (Å²) in [6, 6.07) is 0. The van der Waals surface area contributed by atoms with E-state index in [1.807, 2.05) is 0 Å². The van der Waals surface area contributed by atoms with Crippen molar-refractivity contribution in [2.45, 2.75) is 63.9 Å². The Hall–Kier alpha value is -1.43. The minimum Gasteiger partial charge on any atom is -0.481 e. The highest BCUT2D eigenvalue weighted by Gasteiger charge is 2.38. The van der Waals surface area contributed by atoms with Crippen molar-refractivity contribution in [3.63, 3.8) is 0 Å². The first kappa shape index (κ1) is 14.5. The van der Waals surface area contributed by atoms with Gasteiger partial charge in [0.1, 0.15) is 0 Å². The smallest absolute Gasteiger partial charge is 0.303 e. The maximum atomic E-state index is 11.1. The zero-order chi connectivity index (χ0) is 14.7. The van der Waals surface area contributed by atoms with Crippen molar-refractivity contribution < 1.29 is 19.2 Å². The molecule has 2 fully saturated rings. The molecule has 0 bridgehead atoms. The average molecular weight is 294 g/mol. The number of carboxylic acids is 1. The van der Waals surface area contributed by atoms with E-state index in [9.17, 15) is 4.79 Å². The van der Waals surface area contributed by atoms with Gasteiger partial charge in [0.15, 0.2) is 5.82 Å². The van der Waals surface area contributed by atoms with Crippen molar-refractivity contribution in [3.05, 3.63) is 11.7 Å². The van der Waals surface area contributed by atoms with Crippen LogP contribution in [0, 0.1) is 5.41 Å². The van der Waals surface area contributed by atoms with Gasteiger partial charge in [0.25, 0.3) is 0 Å². The Morgan fingerprint density at radius 3 is 2.81 bits per heavy atom. The van der Waals surface area contributed by atoms with Gasteiger partial charge in [0.05, 0.1) is 12.5 Å². The molecule has 0 amide bonds. The second-order valence-electron chi connectivity index (χ2n) is 6.40. The Morgan fingerprint density at radius 2 is 2.14 bits per heavy atom. The standard InChI is InChI=1S/C15H22N2O4/c18-14(19)10-15(5-1-2-6-15)9-13-16-12(17-21-13)8-11-4-3-7-20-11/h11H,1-10H2,(H,18,19). The van der Waals surface area contributed by atoms with Crippen LogP contribution in [0.2, 0.25) is 0 Å². The highest BCUT2D eigenvalue weighted by molar-refractivity contribution is 5.67. The molecule has 1 saturated heterocycles.